The Labute approximate surface area is 112 Å². The van der Waals surface area contributed by atoms with E-state index in [2.05, 4.69) is 40.3 Å². The van der Waals surface area contributed by atoms with Crippen molar-refractivity contribution in [2.45, 2.75) is 39.2 Å². The number of hydrogen-bond acceptors (Lipinski definition) is 2. The normalized spacial score (nSPS) is 18.9. The Morgan fingerprint density at radius 2 is 2.24 bits per heavy atom. The molecular weight excluding hydrogens is 278 g/mol. The summed E-state index contributed by atoms with van der Waals surface area (Å²) in [6.45, 7) is 5.92. The summed E-state index contributed by atoms with van der Waals surface area (Å²) in [4.78, 5) is 0. The maximum absolute atomic E-state index is 5.62. The minimum absolute atomic E-state index is 0.487. The van der Waals surface area contributed by atoms with Gasteiger partial charge in [-0.15, -0.1) is 0 Å². The van der Waals surface area contributed by atoms with Gasteiger partial charge in [0, 0.05) is 10.5 Å². The molecule has 1 aliphatic rings. The molecule has 17 heavy (non-hydrogen) atoms. The maximum atomic E-state index is 5.62. The molecule has 1 aromatic carbocycles. The molecule has 2 rings (SSSR count). The van der Waals surface area contributed by atoms with Gasteiger partial charge in [-0.3, -0.25) is 0 Å². The van der Waals surface area contributed by atoms with Crippen LogP contribution in [0.4, 0.5) is 0 Å². The van der Waals surface area contributed by atoms with Crippen LogP contribution in [0.25, 0.3) is 0 Å². The third-order valence-corrected chi connectivity index (χ3v) is 3.97. The standard InChI is InChI=1S/C14H20BrNO/c1-3-16-14-7-5-6-11-12(14)8-10(17-4-2)9-13(11)15/h8-9,14,16H,3-7H2,1-2H3. The number of nitrogens with one attached hydrogen (secondary N) is 1. The monoisotopic (exact) mass is 297 g/mol. The molecule has 0 bridgehead atoms. The van der Waals surface area contributed by atoms with E-state index in [1.165, 1.54) is 34.9 Å². The average Bonchev–Trinajstić information content (AvgIpc) is 2.31. The fraction of sp³-hybridized carbons (Fsp3) is 0.571. The fourth-order valence-corrected chi connectivity index (χ4v) is 3.21. The summed E-state index contributed by atoms with van der Waals surface area (Å²) >= 11 is 3.67. The van der Waals surface area contributed by atoms with Crippen LogP contribution in [-0.4, -0.2) is 13.2 Å². The molecule has 1 aromatic rings. The van der Waals surface area contributed by atoms with Crippen LogP contribution in [0.1, 0.15) is 43.9 Å². The van der Waals surface area contributed by atoms with Crippen LogP contribution >= 0.6 is 15.9 Å². The van der Waals surface area contributed by atoms with Crippen molar-refractivity contribution in [2.24, 2.45) is 0 Å². The number of fused-ring (bicyclic) bond motifs is 1. The zero-order chi connectivity index (χ0) is 12.3. The van der Waals surface area contributed by atoms with Gasteiger partial charge in [-0.1, -0.05) is 22.9 Å². The summed E-state index contributed by atoms with van der Waals surface area (Å²) in [5.74, 6) is 0.975. The molecule has 0 amide bonds. The van der Waals surface area contributed by atoms with Gasteiger partial charge in [0.2, 0.25) is 0 Å². The van der Waals surface area contributed by atoms with Crippen LogP contribution in [0.3, 0.4) is 0 Å². The Kier molecular flexibility index (Phi) is 4.46. The van der Waals surface area contributed by atoms with E-state index in [1.807, 2.05) is 6.92 Å². The Balaban J connectivity index is 2.36. The third-order valence-electron chi connectivity index (χ3n) is 3.26. The van der Waals surface area contributed by atoms with E-state index in [1.54, 1.807) is 0 Å². The van der Waals surface area contributed by atoms with Crippen LogP contribution in [0.2, 0.25) is 0 Å². The lowest BCUT2D eigenvalue weighted by Gasteiger charge is -2.27. The van der Waals surface area contributed by atoms with Crippen LogP contribution in [-0.2, 0) is 6.42 Å². The second kappa shape index (κ2) is 5.87. The number of halogens is 1. The molecule has 2 nitrogen and oxygen atoms in total. The lowest BCUT2D eigenvalue weighted by molar-refractivity contribution is 0.338. The quantitative estimate of drug-likeness (QED) is 0.912. The van der Waals surface area contributed by atoms with Gasteiger partial charge in [0.1, 0.15) is 5.75 Å². The van der Waals surface area contributed by atoms with E-state index in [-0.39, 0.29) is 0 Å². The Hall–Kier alpha value is -0.540. The number of ether oxygens (including phenoxy) is 1. The molecule has 1 atom stereocenters. The highest BCUT2D eigenvalue weighted by Gasteiger charge is 2.22. The van der Waals surface area contributed by atoms with Gasteiger partial charge < -0.3 is 10.1 Å². The highest BCUT2D eigenvalue weighted by molar-refractivity contribution is 9.10. The molecule has 0 heterocycles. The minimum atomic E-state index is 0.487. The Bertz CT molecular complexity index is 392. The van der Waals surface area contributed by atoms with Crippen molar-refractivity contribution >= 4 is 15.9 Å². The van der Waals surface area contributed by atoms with Gasteiger partial charge in [-0.2, -0.15) is 0 Å². The highest BCUT2D eigenvalue weighted by atomic mass is 79.9. The van der Waals surface area contributed by atoms with E-state index in [4.69, 9.17) is 4.74 Å². The summed E-state index contributed by atoms with van der Waals surface area (Å²) in [5.41, 5.74) is 2.86. The van der Waals surface area contributed by atoms with Crippen LogP contribution in [0, 0.1) is 0 Å². The largest absolute Gasteiger partial charge is 0.494 e. The Morgan fingerprint density at radius 3 is 2.94 bits per heavy atom. The first-order valence-electron chi connectivity index (χ1n) is 6.44. The zero-order valence-electron chi connectivity index (χ0n) is 10.6. The van der Waals surface area contributed by atoms with Crippen molar-refractivity contribution in [2.75, 3.05) is 13.2 Å². The van der Waals surface area contributed by atoms with Crippen molar-refractivity contribution in [3.63, 3.8) is 0 Å². The van der Waals surface area contributed by atoms with Crippen LogP contribution < -0.4 is 10.1 Å². The van der Waals surface area contributed by atoms with Crippen molar-refractivity contribution in [1.82, 2.24) is 5.32 Å². The van der Waals surface area contributed by atoms with Crippen molar-refractivity contribution < 1.29 is 4.74 Å². The zero-order valence-corrected chi connectivity index (χ0v) is 12.1. The first kappa shape index (κ1) is 12.9. The summed E-state index contributed by atoms with van der Waals surface area (Å²) in [5, 5.41) is 3.56. The molecule has 94 valence electrons. The molecule has 0 radical (unpaired) electrons. The molecular formula is C14H20BrNO. The lowest BCUT2D eigenvalue weighted by atomic mass is 9.87. The number of hydrogen-bond donors (Lipinski definition) is 1. The topological polar surface area (TPSA) is 21.3 Å². The Morgan fingerprint density at radius 1 is 1.41 bits per heavy atom. The second-order valence-corrected chi connectivity index (χ2v) is 5.26. The summed E-state index contributed by atoms with van der Waals surface area (Å²) in [7, 11) is 0. The van der Waals surface area contributed by atoms with Gasteiger partial charge in [0.05, 0.1) is 6.61 Å². The smallest absolute Gasteiger partial charge is 0.120 e. The van der Waals surface area contributed by atoms with Gasteiger partial charge in [-0.25, -0.2) is 0 Å². The van der Waals surface area contributed by atoms with E-state index in [0.29, 0.717) is 6.04 Å². The van der Waals surface area contributed by atoms with Crippen molar-refractivity contribution in [3.8, 4) is 5.75 Å². The second-order valence-electron chi connectivity index (χ2n) is 4.41. The van der Waals surface area contributed by atoms with E-state index >= 15 is 0 Å². The van der Waals surface area contributed by atoms with Crippen molar-refractivity contribution in [3.05, 3.63) is 27.7 Å². The van der Waals surface area contributed by atoms with Crippen LogP contribution in [0.15, 0.2) is 16.6 Å². The highest BCUT2D eigenvalue weighted by Crippen LogP contribution is 2.37. The van der Waals surface area contributed by atoms with Gasteiger partial charge in [-0.05, 0) is 56.0 Å². The minimum Gasteiger partial charge on any atom is -0.494 e. The predicted octanol–water partition coefficient (Wildman–Crippen LogP) is 3.83. The SMILES string of the molecule is CCNC1CCCc2c(Br)cc(OCC)cc21. The fourth-order valence-electron chi connectivity index (χ4n) is 2.55. The lowest BCUT2D eigenvalue weighted by Crippen LogP contribution is -2.25. The summed E-state index contributed by atoms with van der Waals surface area (Å²) < 4.78 is 6.82. The molecule has 1 N–H and O–H groups in total. The van der Waals surface area contributed by atoms with Crippen molar-refractivity contribution in [1.29, 1.82) is 0 Å². The maximum Gasteiger partial charge on any atom is 0.120 e. The first-order valence-corrected chi connectivity index (χ1v) is 7.24. The molecule has 0 saturated heterocycles. The molecule has 0 aliphatic heterocycles. The summed E-state index contributed by atoms with van der Waals surface area (Å²) in [6.07, 6.45) is 3.66. The van der Waals surface area contributed by atoms with Crippen LogP contribution in [0.5, 0.6) is 5.75 Å². The number of benzene rings is 1. The van der Waals surface area contributed by atoms with E-state index < -0.39 is 0 Å². The molecule has 1 aliphatic carbocycles. The first-order chi connectivity index (χ1) is 8.26. The summed E-state index contributed by atoms with van der Waals surface area (Å²) in [6, 6.07) is 4.78. The molecule has 0 saturated carbocycles. The van der Waals surface area contributed by atoms with E-state index in [9.17, 15) is 0 Å². The molecule has 0 spiro atoms. The third kappa shape index (κ3) is 2.83. The number of rotatable bonds is 4. The van der Waals surface area contributed by atoms with E-state index in [0.717, 1.165) is 18.9 Å². The van der Waals surface area contributed by atoms with Gasteiger partial charge in [0.15, 0.2) is 0 Å². The molecule has 0 aromatic heterocycles. The predicted molar refractivity (Wildman–Crippen MR) is 74.7 cm³/mol. The molecule has 0 fully saturated rings. The molecule has 1 unspecified atom stereocenters. The van der Waals surface area contributed by atoms with Gasteiger partial charge in [0.25, 0.3) is 0 Å². The molecule has 3 heteroatoms. The van der Waals surface area contributed by atoms with Gasteiger partial charge >= 0.3 is 0 Å². The average molecular weight is 298 g/mol.